The number of carbonyl (C=O) groups excluding carboxylic acids is 1. The van der Waals surface area contributed by atoms with Gasteiger partial charge >= 0.3 is 0 Å². The minimum Gasteiger partial charge on any atom is -0.496 e. The Labute approximate surface area is 174 Å². The van der Waals surface area contributed by atoms with Gasteiger partial charge < -0.3 is 26.0 Å². The molecule has 3 aromatic rings. The number of nitrogens with two attached hydrogens (primary N) is 1. The fraction of sp³-hybridized carbons (Fsp3) is 0.130. The van der Waals surface area contributed by atoms with Crippen LogP contribution < -0.4 is 15.8 Å². The number of aliphatic hydroxyl groups is 2. The molecule has 0 aliphatic carbocycles. The first-order valence-electron chi connectivity index (χ1n) is 9.27. The number of nitrogens with zero attached hydrogens (tertiary/aromatic N) is 1. The molecule has 0 fully saturated rings. The molecule has 3 rings (SSSR count). The lowest BCUT2D eigenvalue weighted by molar-refractivity contribution is 0.104. The maximum absolute atomic E-state index is 12.4. The number of nitrogens with one attached hydrogen (secondary N) is 1. The fourth-order valence-corrected chi connectivity index (χ4v) is 2.98. The molecule has 0 atom stereocenters. The molecule has 154 valence electrons. The maximum Gasteiger partial charge on any atom is 0.185 e. The quantitative estimate of drug-likeness (QED) is 0.258. The standard InChI is InChI=1S/C23H23N3O4/c1-30-22-12-19(11-17(13-27)20(22)14-28)26-23-16(3-2-10-25-23)6-9-21(29)15-4-7-18(24)8-5-15/h2-12,27-28H,13-14,24H2,1H3,(H,25,26)/b9-6+. The van der Waals surface area contributed by atoms with E-state index in [0.29, 0.717) is 45.2 Å². The minimum absolute atomic E-state index is 0.152. The van der Waals surface area contributed by atoms with Crippen molar-refractivity contribution < 1.29 is 19.7 Å². The Hall–Kier alpha value is -3.68. The van der Waals surface area contributed by atoms with Crippen LogP contribution in [0.25, 0.3) is 6.08 Å². The Balaban J connectivity index is 1.87. The first-order chi connectivity index (χ1) is 14.5. The van der Waals surface area contributed by atoms with Crippen molar-refractivity contribution in [3.8, 4) is 5.75 Å². The lowest BCUT2D eigenvalue weighted by atomic mass is 10.1. The molecule has 0 aliphatic heterocycles. The number of aromatic nitrogens is 1. The largest absolute Gasteiger partial charge is 0.496 e. The normalized spacial score (nSPS) is 10.9. The molecule has 0 saturated heterocycles. The molecule has 7 heteroatoms. The van der Waals surface area contributed by atoms with Gasteiger partial charge in [-0.3, -0.25) is 4.79 Å². The highest BCUT2D eigenvalue weighted by Crippen LogP contribution is 2.30. The number of allylic oxidation sites excluding steroid dienone is 1. The van der Waals surface area contributed by atoms with Gasteiger partial charge in [0.2, 0.25) is 0 Å². The third kappa shape index (κ3) is 4.83. The maximum atomic E-state index is 12.4. The van der Waals surface area contributed by atoms with E-state index in [1.807, 2.05) is 6.07 Å². The molecule has 7 nitrogen and oxygen atoms in total. The molecule has 0 aliphatic rings. The summed E-state index contributed by atoms with van der Waals surface area (Å²) >= 11 is 0. The first-order valence-corrected chi connectivity index (χ1v) is 9.27. The zero-order chi connectivity index (χ0) is 21.5. The Morgan fingerprint density at radius 3 is 2.60 bits per heavy atom. The summed E-state index contributed by atoms with van der Waals surface area (Å²) in [5.74, 6) is 0.834. The Morgan fingerprint density at radius 1 is 1.17 bits per heavy atom. The molecular weight excluding hydrogens is 382 g/mol. The van der Waals surface area contributed by atoms with E-state index in [-0.39, 0.29) is 19.0 Å². The van der Waals surface area contributed by atoms with E-state index >= 15 is 0 Å². The molecule has 0 unspecified atom stereocenters. The smallest absolute Gasteiger partial charge is 0.185 e. The number of ether oxygens (including phenoxy) is 1. The van der Waals surface area contributed by atoms with Crippen LogP contribution in [0.15, 0.2) is 60.8 Å². The van der Waals surface area contributed by atoms with Gasteiger partial charge in [0.25, 0.3) is 0 Å². The highest BCUT2D eigenvalue weighted by atomic mass is 16.5. The van der Waals surface area contributed by atoms with Gasteiger partial charge in [-0.1, -0.05) is 0 Å². The Morgan fingerprint density at radius 2 is 1.93 bits per heavy atom. The number of anilines is 3. The van der Waals surface area contributed by atoms with Gasteiger partial charge in [0, 0.05) is 40.3 Å². The van der Waals surface area contributed by atoms with Gasteiger partial charge in [0.15, 0.2) is 5.78 Å². The van der Waals surface area contributed by atoms with Crippen LogP contribution in [0.1, 0.15) is 27.0 Å². The van der Waals surface area contributed by atoms with Crippen molar-refractivity contribution in [2.45, 2.75) is 13.2 Å². The minimum atomic E-state index is -0.246. The molecule has 5 N–H and O–H groups in total. The van der Waals surface area contributed by atoms with Crippen LogP contribution in [0.5, 0.6) is 5.75 Å². The SMILES string of the molecule is COc1cc(Nc2ncccc2/C=C/C(=O)c2ccc(N)cc2)cc(CO)c1CO. The summed E-state index contributed by atoms with van der Waals surface area (Å²) in [6.45, 7) is -0.489. The van der Waals surface area contributed by atoms with Crippen LogP contribution in [0, 0.1) is 0 Å². The second-order valence-corrected chi connectivity index (χ2v) is 6.52. The molecule has 30 heavy (non-hydrogen) atoms. The number of pyridine rings is 1. The van der Waals surface area contributed by atoms with Crippen molar-refractivity contribution in [2.24, 2.45) is 0 Å². The summed E-state index contributed by atoms with van der Waals surface area (Å²) in [5.41, 5.74) is 9.21. The van der Waals surface area contributed by atoms with Gasteiger partial charge in [-0.2, -0.15) is 0 Å². The van der Waals surface area contributed by atoms with E-state index in [1.165, 1.54) is 13.2 Å². The zero-order valence-electron chi connectivity index (χ0n) is 16.5. The van der Waals surface area contributed by atoms with Crippen molar-refractivity contribution in [1.29, 1.82) is 0 Å². The molecular formula is C23H23N3O4. The summed E-state index contributed by atoms with van der Waals surface area (Å²) in [5, 5.41) is 22.3. The molecule has 0 saturated carbocycles. The number of benzene rings is 2. The molecule has 0 spiro atoms. The van der Waals surface area contributed by atoms with Gasteiger partial charge in [0.05, 0.1) is 20.3 Å². The third-order valence-electron chi connectivity index (χ3n) is 4.56. The van der Waals surface area contributed by atoms with Crippen LogP contribution in [0.4, 0.5) is 17.2 Å². The topological polar surface area (TPSA) is 118 Å². The van der Waals surface area contributed by atoms with Gasteiger partial charge in [0.1, 0.15) is 11.6 Å². The van der Waals surface area contributed by atoms with Crippen LogP contribution in [-0.4, -0.2) is 28.1 Å². The summed E-state index contributed by atoms with van der Waals surface area (Å²) in [6.07, 6.45) is 4.79. The van der Waals surface area contributed by atoms with Crippen LogP contribution in [-0.2, 0) is 13.2 Å². The molecule has 1 heterocycles. The van der Waals surface area contributed by atoms with Crippen molar-refractivity contribution in [3.05, 3.63) is 83.1 Å². The molecule has 2 aromatic carbocycles. The van der Waals surface area contributed by atoms with Crippen molar-refractivity contribution in [1.82, 2.24) is 4.98 Å². The summed E-state index contributed by atoms with van der Waals surface area (Å²) in [4.78, 5) is 16.7. The number of aliphatic hydroxyl groups excluding tert-OH is 2. The molecule has 1 aromatic heterocycles. The van der Waals surface area contributed by atoms with Crippen LogP contribution >= 0.6 is 0 Å². The number of nitrogen functional groups attached to an aromatic ring is 1. The number of carbonyl (C=O) groups is 1. The average Bonchev–Trinajstić information content (AvgIpc) is 2.78. The molecule has 0 radical (unpaired) electrons. The third-order valence-corrected chi connectivity index (χ3v) is 4.56. The summed E-state index contributed by atoms with van der Waals surface area (Å²) in [6, 6.07) is 13.7. The first kappa shape index (κ1) is 21.0. The number of ketones is 1. The van der Waals surface area contributed by atoms with Gasteiger partial charge in [-0.15, -0.1) is 0 Å². The monoisotopic (exact) mass is 405 g/mol. The summed E-state index contributed by atoms with van der Waals surface area (Å²) < 4.78 is 5.32. The predicted octanol–water partition coefficient (Wildman–Crippen LogP) is 3.30. The van der Waals surface area contributed by atoms with E-state index in [2.05, 4.69) is 10.3 Å². The number of hydrogen-bond donors (Lipinski definition) is 4. The van der Waals surface area contributed by atoms with Gasteiger partial charge in [-0.05, 0) is 60.2 Å². The number of methoxy groups -OCH3 is 1. The summed E-state index contributed by atoms with van der Waals surface area (Å²) in [7, 11) is 1.50. The predicted molar refractivity (Wildman–Crippen MR) is 117 cm³/mol. The van der Waals surface area contributed by atoms with Gasteiger partial charge in [-0.25, -0.2) is 4.98 Å². The highest BCUT2D eigenvalue weighted by molar-refractivity contribution is 6.07. The lowest BCUT2D eigenvalue weighted by Gasteiger charge is -2.15. The second kappa shape index (κ2) is 9.69. The van der Waals surface area contributed by atoms with Crippen molar-refractivity contribution in [3.63, 3.8) is 0 Å². The number of hydrogen-bond acceptors (Lipinski definition) is 7. The molecule has 0 amide bonds. The van der Waals surface area contributed by atoms with E-state index in [4.69, 9.17) is 10.5 Å². The average molecular weight is 405 g/mol. The van der Waals surface area contributed by atoms with E-state index < -0.39 is 0 Å². The van der Waals surface area contributed by atoms with Crippen molar-refractivity contribution in [2.75, 3.05) is 18.2 Å². The molecule has 0 bridgehead atoms. The lowest BCUT2D eigenvalue weighted by Crippen LogP contribution is -2.03. The Bertz CT molecular complexity index is 1040. The zero-order valence-corrected chi connectivity index (χ0v) is 16.5. The van der Waals surface area contributed by atoms with E-state index in [9.17, 15) is 15.0 Å². The Kier molecular flexibility index (Phi) is 6.79. The van der Waals surface area contributed by atoms with Crippen LogP contribution in [0.2, 0.25) is 0 Å². The fourth-order valence-electron chi connectivity index (χ4n) is 2.98. The number of rotatable bonds is 8. The van der Waals surface area contributed by atoms with Crippen molar-refractivity contribution >= 4 is 29.1 Å². The second-order valence-electron chi connectivity index (χ2n) is 6.52. The van der Waals surface area contributed by atoms with E-state index in [0.717, 1.165) is 0 Å². The van der Waals surface area contributed by atoms with E-state index in [1.54, 1.807) is 54.7 Å². The van der Waals surface area contributed by atoms with Crippen LogP contribution in [0.3, 0.4) is 0 Å². The highest BCUT2D eigenvalue weighted by Gasteiger charge is 2.12.